The maximum Gasteiger partial charge on any atom is 0.234 e. The lowest BCUT2D eigenvalue weighted by atomic mass is 9.74. The number of nitrogens with one attached hydrogen (secondary N) is 2. The van der Waals surface area contributed by atoms with Gasteiger partial charge < -0.3 is 15.0 Å². The molecule has 5 rings (SSSR count). The Morgan fingerprint density at radius 2 is 1.78 bits per heavy atom. The van der Waals surface area contributed by atoms with Gasteiger partial charge in [0.15, 0.2) is 0 Å². The maximum atomic E-state index is 14.5. The van der Waals surface area contributed by atoms with Gasteiger partial charge in [0.05, 0.1) is 31.0 Å². The summed E-state index contributed by atoms with van der Waals surface area (Å²) < 4.78 is 47.2. The van der Waals surface area contributed by atoms with Crippen molar-refractivity contribution in [3.05, 3.63) is 59.4 Å². The van der Waals surface area contributed by atoms with Gasteiger partial charge in [-0.25, -0.2) is 13.2 Å². The first-order chi connectivity index (χ1) is 15.5. The molecule has 5 nitrogen and oxygen atoms in total. The summed E-state index contributed by atoms with van der Waals surface area (Å²) in [5, 5.41) is 3.55. The van der Waals surface area contributed by atoms with Crippen LogP contribution in [0.5, 0.6) is 0 Å². The molecular formula is C24H24F3N3O2. The number of amides is 1. The Bertz CT molecular complexity index is 1130. The number of halogens is 3. The number of rotatable bonds is 5. The largest absolute Gasteiger partial charge is 0.379 e. The van der Waals surface area contributed by atoms with E-state index in [1.54, 1.807) is 12.1 Å². The highest BCUT2D eigenvalue weighted by Crippen LogP contribution is 2.45. The van der Waals surface area contributed by atoms with Crippen LogP contribution in [0.2, 0.25) is 0 Å². The molecule has 8 heteroatoms. The third kappa shape index (κ3) is 4.12. The minimum Gasteiger partial charge on any atom is -0.379 e. The number of H-pyrrole nitrogens is 1. The molecule has 3 aromatic rings. The van der Waals surface area contributed by atoms with Gasteiger partial charge in [0.1, 0.15) is 17.5 Å². The van der Waals surface area contributed by atoms with Crippen molar-refractivity contribution in [1.82, 2.24) is 15.2 Å². The van der Waals surface area contributed by atoms with E-state index in [1.807, 2.05) is 0 Å². The molecule has 32 heavy (non-hydrogen) atoms. The summed E-state index contributed by atoms with van der Waals surface area (Å²) in [6.45, 7) is 3.11. The first kappa shape index (κ1) is 21.0. The van der Waals surface area contributed by atoms with Crippen LogP contribution in [0.1, 0.15) is 24.3 Å². The maximum absolute atomic E-state index is 14.5. The second kappa shape index (κ2) is 8.60. The number of carbonyl (C=O) groups is 1. The fourth-order valence-electron chi connectivity index (χ4n) is 4.72. The molecule has 0 radical (unpaired) electrons. The standard InChI is InChI=1S/C24H24F3N3O2/c25-16-3-1-14(2-4-16)23-22(19-11-17(26)12-20(27)24(19)29-23)15-9-18(10-15)28-21(31)13-30-5-7-32-8-6-30/h1-4,11-12,15,18,29H,5-10,13H2,(H,28,31)/t15-,18-. The molecule has 2 fully saturated rings. The first-order valence-electron chi connectivity index (χ1n) is 10.8. The number of hydrogen-bond acceptors (Lipinski definition) is 3. The van der Waals surface area contributed by atoms with Crippen molar-refractivity contribution in [3.8, 4) is 11.3 Å². The summed E-state index contributed by atoms with van der Waals surface area (Å²) in [5.41, 5.74) is 2.41. The Morgan fingerprint density at radius 1 is 1.06 bits per heavy atom. The second-order valence-corrected chi connectivity index (χ2v) is 8.55. The zero-order valence-corrected chi connectivity index (χ0v) is 17.5. The van der Waals surface area contributed by atoms with Crippen molar-refractivity contribution in [2.24, 2.45) is 0 Å². The fourth-order valence-corrected chi connectivity index (χ4v) is 4.72. The highest BCUT2D eigenvalue weighted by molar-refractivity contribution is 5.92. The van der Waals surface area contributed by atoms with E-state index in [4.69, 9.17) is 4.74 Å². The van der Waals surface area contributed by atoms with E-state index in [2.05, 4.69) is 15.2 Å². The van der Waals surface area contributed by atoms with Crippen LogP contribution >= 0.6 is 0 Å². The zero-order chi connectivity index (χ0) is 22.2. The van der Waals surface area contributed by atoms with Crippen molar-refractivity contribution in [2.45, 2.75) is 24.8 Å². The van der Waals surface area contributed by atoms with Crippen molar-refractivity contribution in [1.29, 1.82) is 0 Å². The molecule has 0 spiro atoms. The fraction of sp³-hybridized carbons (Fsp3) is 0.375. The summed E-state index contributed by atoms with van der Waals surface area (Å²) in [6, 6.07) is 8.14. The summed E-state index contributed by atoms with van der Waals surface area (Å²) in [4.78, 5) is 17.5. The zero-order valence-electron chi connectivity index (χ0n) is 17.5. The summed E-state index contributed by atoms with van der Waals surface area (Å²) >= 11 is 0. The monoisotopic (exact) mass is 443 g/mol. The molecule has 1 saturated carbocycles. The van der Waals surface area contributed by atoms with Crippen LogP contribution in [0, 0.1) is 17.5 Å². The quantitative estimate of drug-likeness (QED) is 0.628. The second-order valence-electron chi connectivity index (χ2n) is 8.55. The number of hydrogen-bond donors (Lipinski definition) is 2. The number of nitrogens with zero attached hydrogens (tertiary/aromatic N) is 1. The molecule has 0 bridgehead atoms. The molecule has 1 aliphatic heterocycles. The van der Waals surface area contributed by atoms with Crippen LogP contribution in [-0.4, -0.2) is 54.7 Å². The van der Waals surface area contributed by atoms with Gasteiger partial charge in [-0.2, -0.15) is 0 Å². The van der Waals surface area contributed by atoms with Gasteiger partial charge in [-0.05, 0) is 60.2 Å². The van der Waals surface area contributed by atoms with Gasteiger partial charge in [0.2, 0.25) is 5.91 Å². The Balaban J connectivity index is 1.36. The molecule has 0 unspecified atom stereocenters. The van der Waals surface area contributed by atoms with Gasteiger partial charge in [0, 0.05) is 30.6 Å². The summed E-state index contributed by atoms with van der Waals surface area (Å²) in [6.07, 6.45) is 1.35. The Labute approximate surface area is 183 Å². The molecule has 1 aliphatic carbocycles. The lowest BCUT2D eigenvalue weighted by Crippen LogP contribution is -2.49. The summed E-state index contributed by atoms with van der Waals surface area (Å²) in [7, 11) is 0. The van der Waals surface area contributed by atoms with E-state index in [0.717, 1.165) is 24.7 Å². The highest BCUT2D eigenvalue weighted by atomic mass is 19.1. The van der Waals surface area contributed by atoms with E-state index in [9.17, 15) is 18.0 Å². The van der Waals surface area contributed by atoms with Crippen LogP contribution < -0.4 is 5.32 Å². The molecule has 2 N–H and O–H groups in total. The van der Waals surface area contributed by atoms with Crippen LogP contribution in [0.15, 0.2) is 36.4 Å². The van der Waals surface area contributed by atoms with E-state index in [1.165, 1.54) is 18.2 Å². The SMILES string of the molecule is O=C(CN1CCOCC1)N[C@H]1C[C@H](c2c(-c3ccc(F)cc3)[nH]c3c(F)cc(F)cc32)C1. The highest BCUT2D eigenvalue weighted by Gasteiger charge is 2.35. The predicted molar refractivity (Wildman–Crippen MR) is 115 cm³/mol. The van der Waals surface area contributed by atoms with Crippen LogP contribution in [0.4, 0.5) is 13.2 Å². The number of aromatic nitrogens is 1. The molecular weight excluding hydrogens is 419 g/mol. The number of carbonyl (C=O) groups excluding carboxylic acids is 1. The van der Waals surface area contributed by atoms with Crippen molar-refractivity contribution in [3.63, 3.8) is 0 Å². The molecule has 2 heterocycles. The number of aromatic amines is 1. The molecule has 0 atom stereocenters. The van der Waals surface area contributed by atoms with Gasteiger partial charge in [0.25, 0.3) is 0 Å². The molecule has 1 saturated heterocycles. The number of ether oxygens (including phenoxy) is 1. The average Bonchev–Trinajstić information content (AvgIpc) is 3.11. The number of morpholine rings is 1. The van der Waals surface area contributed by atoms with Gasteiger partial charge in [-0.3, -0.25) is 9.69 Å². The Morgan fingerprint density at radius 3 is 2.50 bits per heavy atom. The number of benzene rings is 2. The molecule has 1 aromatic heterocycles. The molecule has 1 amide bonds. The minimum absolute atomic E-state index is 0.0120. The smallest absolute Gasteiger partial charge is 0.234 e. The first-order valence-corrected chi connectivity index (χ1v) is 10.8. The normalized spacial score (nSPS) is 21.5. The average molecular weight is 443 g/mol. The Kier molecular flexibility index (Phi) is 5.65. The third-order valence-corrected chi connectivity index (χ3v) is 6.38. The van der Waals surface area contributed by atoms with Gasteiger partial charge >= 0.3 is 0 Å². The van der Waals surface area contributed by atoms with Crippen LogP contribution in [-0.2, 0) is 9.53 Å². The number of fused-ring (bicyclic) bond motifs is 1. The van der Waals surface area contributed by atoms with Gasteiger partial charge in [-0.15, -0.1) is 0 Å². The Hall–Kier alpha value is -2.84. The lowest BCUT2D eigenvalue weighted by molar-refractivity contribution is -0.124. The van der Waals surface area contributed by atoms with E-state index >= 15 is 0 Å². The predicted octanol–water partition coefficient (Wildman–Crippen LogP) is 3.95. The lowest BCUT2D eigenvalue weighted by Gasteiger charge is -2.37. The summed E-state index contributed by atoms with van der Waals surface area (Å²) in [5.74, 6) is -1.67. The van der Waals surface area contributed by atoms with E-state index < -0.39 is 11.6 Å². The molecule has 2 aliphatic rings. The molecule has 168 valence electrons. The van der Waals surface area contributed by atoms with Crippen molar-refractivity contribution in [2.75, 3.05) is 32.8 Å². The van der Waals surface area contributed by atoms with E-state index in [-0.39, 0.29) is 29.2 Å². The molecule has 2 aromatic carbocycles. The van der Waals surface area contributed by atoms with Crippen LogP contribution in [0.3, 0.4) is 0 Å². The van der Waals surface area contributed by atoms with Crippen molar-refractivity contribution >= 4 is 16.8 Å². The van der Waals surface area contributed by atoms with Crippen molar-refractivity contribution < 1.29 is 22.7 Å². The van der Waals surface area contributed by atoms with E-state index in [0.29, 0.717) is 49.2 Å². The van der Waals surface area contributed by atoms with Crippen LogP contribution in [0.25, 0.3) is 22.2 Å². The topological polar surface area (TPSA) is 57.4 Å². The van der Waals surface area contributed by atoms with Gasteiger partial charge in [-0.1, -0.05) is 0 Å². The third-order valence-electron chi connectivity index (χ3n) is 6.38. The minimum atomic E-state index is -0.663.